The third kappa shape index (κ3) is 5.73. The zero-order valence-electron chi connectivity index (χ0n) is 15.9. The van der Waals surface area contributed by atoms with Crippen LogP contribution < -0.4 is 10.1 Å². The lowest BCUT2D eigenvalue weighted by Gasteiger charge is -2.29. The summed E-state index contributed by atoms with van der Waals surface area (Å²) in [6.07, 6.45) is 0. The minimum absolute atomic E-state index is 0.154. The van der Waals surface area contributed by atoms with Crippen molar-refractivity contribution >= 4 is 23.4 Å². The molecular weight excluding hydrogens is 364 g/mol. The molecule has 0 spiro atoms. The van der Waals surface area contributed by atoms with E-state index >= 15 is 0 Å². The van der Waals surface area contributed by atoms with Crippen LogP contribution in [0.2, 0.25) is 5.02 Å². The van der Waals surface area contributed by atoms with Crippen molar-refractivity contribution in [3.63, 3.8) is 0 Å². The molecule has 0 radical (unpaired) electrons. The normalized spacial score (nSPS) is 11.6. The number of carbonyl (C=O) groups excluding carboxylic acids is 2. The first kappa shape index (κ1) is 20.8. The maximum Gasteiger partial charge on any atom is 0.261 e. The highest BCUT2D eigenvalue weighted by Crippen LogP contribution is 2.20. The van der Waals surface area contributed by atoms with Gasteiger partial charge in [0.25, 0.3) is 5.91 Å². The topological polar surface area (TPSA) is 58.6 Å². The zero-order valence-corrected chi connectivity index (χ0v) is 16.6. The minimum atomic E-state index is -0.644. The van der Waals surface area contributed by atoms with E-state index in [4.69, 9.17) is 16.3 Å². The molecule has 1 atom stereocenters. The van der Waals surface area contributed by atoms with Crippen molar-refractivity contribution in [3.05, 3.63) is 64.7 Å². The number of likely N-dealkylation sites (N-methyl/N-ethyl adjacent to an activating group) is 1. The number of halogens is 1. The van der Waals surface area contributed by atoms with Crippen LogP contribution in [0.4, 0.5) is 0 Å². The van der Waals surface area contributed by atoms with Crippen molar-refractivity contribution in [1.29, 1.82) is 0 Å². The number of hydrogen-bond donors (Lipinski definition) is 1. The maximum atomic E-state index is 12.9. The van der Waals surface area contributed by atoms with Crippen LogP contribution >= 0.6 is 11.6 Å². The molecule has 0 saturated heterocycles. The number of aryl methyl sites for hydroxylation is 1. The number of rotatable bonds is 8. The number of carbonyl (C=O) groups is 2. The highest BCUT2D eigenvalue weighted by molar-refractivity contribution is 6.31. The van der Waals surface area contributed by atoms with Gasteiger partial charge in [0.05, 0.1) is 0 Å². The smallest absolute Gasteiger partial charge is 0.261 e. The van der Waals surface area contributed by atoms with Crippen LogP contribution in [-0.2, 0) is 16.1 Å². The molecule has 0 unspecified atom stereocenters. The van der Waals surface area contributed by atoms with E-state index in [1.807, 2.05) is 56.3 Å². The third-order valence-electron chi connectivity index (χ3n) is 4.26. The molecule has 0 heterocycles. The summed E-state index contributed by atoms with van der Waals surface area (Å²) in [5.74, 6) is 0.153. The number of ether oxygens (including phenoxy) is 1. The fourth-order valence-corrected chi connectivity index (χ4v) is 2.85. The molecule has 0 saturated carbocycles. The fourth-order valence-electron chi connectivity index (χ4n) is 2.66. The second kappa shape index (κ2) is 9.97. The molecule has 2 aromatic carbocycles. The van der Waals surface area contributed by atoms with Gasteiger partial charge in [0.1, 0.15) is 11.8 Å². The van der Waals surface area contributed by atoms with Crippen LogP contribution in [0.5, 0.6) is 5.75 Å². The van der Waals surface area contributed by atoms with Crippen molar-refractivity contribution in [2.75, 3.05) is 13.2 Å². The van der Waals surface area contributed by atoms with Gasteiger partial charge in [-0.1, -0.05) is 48.0 Å². The van der Waals surface area contributed by atoms with Crippen molar-refractivity contribution in [2.45, 2.75) is 33.4 Å². The number of para-hydroxylation sites is 1. The summed E-state index contributed by atoms with van der Waals surface area (Å²) in [6.45, 7) is 6.03. The summed E-state index contributed by atoms with van der Waals surface area (Å²) in [5, 5.41) is 3.31. The number of benzene rings is 2. The molecule has 0 fully saturated rings. The lowest BCUT2D eigenvalue weighted by molar-refractivity contribution is -0.142. The monoisotopic (exact) mass is 388 g/mol. The number of nitrogens with one attached hydrogen (secondary N) is 1. The van der Waals surface area contributed by atoms with Crippen LogP contribution in [0.3, 0.4) is 0 Å². The van der Waals surface area contributed by atoms with Gasteiger partial charge in [-0.3, -0.25) is 9.59 Å². The van der Waals surface area contributed by atoms with E-state index in [0.717, 1.165) is 11.1 Å². The van der Waals surface area contributed by atoms with Gasteiger partial charge in [0.2, 0.25) is 5.91 Å². The van der Waals surface area contributed by atoms with E-state index in [1.165, 1.54) is 4.90 Å². The highest BCUT2D eigenvalue weighted by Gasteiger charge is 2.26. The van der Waals surface area contributed by atoms with Crippen LogP contribution in [0.15, 0.2) is 48.5 Å². The average Bonchev–Trinajstić information content (AvgIpc) is 2.66. The Balaban J connectivity index is 2.17. The summed E-state index contributed by atoms with van der Waals surface area (Å²) >= 11 is 6.24. The summed E-state index contributed by atoms with van der Waals surface area (Å²) in [5.41, 5.74) is 1.72. The molecule has 0 aliphatic rings. The molecule has 144 valence electrons. The molecule has 0 aliphatic heterocycles. The Labute approximate surface area is 165 Å². The highest BCUT2D eigenvalue weighted by atomic mass is 35.5. The van der Waals surface area contributed by atoms with Gasteiger partial charge in [-0.2, -0.15) is 0 Å². The molecule has 0 aliphatic carbocycles. The van der Waals surface area contributed by atoms with Gasteiger partial charge in [-0.15, -0.1) is 0 Å². The van der Waals surface area contributed by atoms with E-state index in [2.05, 4.69) is 5.32 Å². The molecule has 2 aromatic rings. The predicted molar refractivity (Wildman–Crippen MR) is 107 cm³/mol. The van der Waals surface area contributed by atoms with Crippen molar-refractivity contribution in [2.24, 2.45) is 0 Å². The lowest BCUT2D eigenvalue weighted by atomic mass is 10.1. The maximum absolute atomic E-state index is 12.9. The lowest BCUT2D eigenvalue weighted by Crippen LogP contribution is -2.49. The first-order valence-corrected chi connectivity index (χ1v) is 9.30. The van der Waals surface area contributed by atoms with Crippen LogP contribution in [0.1, 0.15) is 25.0 Å². The molecule has 6 heteroatoms. The minimum Gasteiger partial charge on any atom is -0.484 e. The van der Waals surface area contributed by atoms with Crippen LogP contribution in [0, 0.1) is 6.92 Å². The molecular formula is C21H25ClN2O3. The predicted octanol–water partition coefficient (Wildman–Crippen LogP) is 3.58. The summed E-state index contributed by atoms with van der Waals surface area (Å²) < 4.78 is 5.68. The third-order valence-corrected chi connectivity index (χ3v) is 4.63. The molecule has 1 N–H and O–H groups in total. The fraction of sp³-hybridized carbons (Fsp3) is 0.333. The van der Waals surface area contributed by atoms with Gasteiger partial charge in [0, 0.05) is 18.1 Å². The number of amides is 2. The summed E-state index contributed by atoms with van der Waals surface area (Å²) in [4.78, 5) is 26.7. The standard InChI is InChI=1S/C21H25ClN2O3/c1-4-23-21(26)16(3)24(13-17-10-6-7-11-18(17)22)20(25)14-27-19-12-8-5-9-15(19)2/h5-12,16H,4,13-14H2,1-3H3,(H,23,26)/t16-/m0/s1. The quantitative estimate of drug-likeness (QED) is 0.751. The molecule has 0 aromatic heterocycles. The van der Waals surface area contributed by atoms with E-state index in [9.17, 15) is 9.59 Å². The second-order valence-corrected chi connectivity index (χ2v) is 6.64. The Morgan fingerprint density at radius 2 is 1.81 bits per heavy atom. The number of hydrogen-bond acceptors (Lipinski definition) is 3. The second-order valence-electron chi connectivity index (χ2n) is 6.24. The van der Waals surface area contributed by atoms with Gasteiger partial charge < -0.3 is 15.0 Å². The first-order valence-electron chi connectivity index (χ1n) is 8.93. The van der Waals surface area contributed by atoms with Gasteiger partial charge in [-0.05, 0) is 44.0 Å². The van der Waals surface area contributed by atoms with Gasteiger partial charge >= 0.3 is 0 Å². The van der Waals surface area contributed by atoms with E-state index in [-0.39, 0.29) is 25.0 Å². The van der Waals surface area contributed by atoms with E-state index in [1.54, 1.807) is 13.0 Å². The van der Waals surface area contributed by atoms with E-state index in [0.29, 0.717) is 17.3 Å². The Morgan fingerprint density at radius 3 is 2.48 bits per heavy atom. The molecule has 2 amide bonds. The first-order chi connectivity index (χ1) is 12.9. The Bertz CT molecular complexity index is 795. The SMILES string of the molecule is CCNC(=O)[C@H](C)N(Cc1ccccc1Cl)C(=O)COc1ccccc1C. The van der Waals surface area contributed by atoms with Crippen molar-refractivity contribution in [1.82, 2.24) is 10.2 Å². The largest absolute Gasteiger partial charge is 0.484 e. The summed E-state index contributed by atoms with van der Waals surface area (Å²) in [7, 11) is 0. The Hall–Kier alpha value is -2.53. The molecule has 27 heavy (non-hydrogen) atoms. The Morgan fingerprint density at radius 1 is 1.15 bits per heavy atom. The van der Waals surface area contributed by atoms with Gasteiger partial charge in [0.15, 0.2) is 6.61 Å². The summed E-state index contributed by atoms with van der Waals surface area (Å²) in [6, 6.07) is 14.1. The van der Waals surface area contributed by atoms with Crippen molar-refractivity contribution < 1.29 is 14.3 Å². The van der Waals surface area contributed by atoms with Gasteiger partial charge in [-0.25, -0.2) is 0 Å². The molecule has 2 rings (SSSR count). The zero-order chi connectivity index (χ0) is 19.8. The average molecular weight is 389 g/mol. The van der Waals surface area contributed by atoms with Crippen molar-refractivity contribution in [3.8, 4) is 5.75 Å². The van der Waals surface area contributed by atoms with E-state index < -0.39 is 6.04 Å². The van der Waals surface area contributed by atoms with Crippen LogP contribution in [0.25, 0.3) is 0 Å². The molecule has 5 nitrogen and oxygen atoms in total. The number of nitrogens with zero attached hydrogens (tertiary/aromatic N) is 1. The Kier molecular flexibility index (Phi) is 7.67. The van der Waals surface area contributed by atoms with Crippen LogP contribution in [-0.4, -0.2) is 35.9 Å². The molecule has 0 bridgehead atoms.